The van der Waals surface area contributed by atoms with Gasteiger partial charge < -0.3 is 10.1 Å². The van der Waals surface area contributed by atoms with Gasteiger partial charge in [0.2, 0.25) is 5.91 Å². The molecular weight excluding hydrogens is 414 g/mol. The number of anilines is 1. The number of hydrogen-bond acceptors (Lipinski definition) is 5. The second kappa shape index (κ2) is 8.61. The summed E-state index contributed by atoms with van der Waals surface area (Å²) in [4.78, 5) is 38.9. The Balaban J connectivity index is 1.71. The van der Waals surface area contributed by atoms with Gasteiger partial charge in [-0.2, -0.15) is 0 Å². The number of ether oxygens (including phenoxy) is 1. The van der Waals surface area contributed by atoms with Gasteiger partial charge in [-0.1, -0.05) is 24.3 Å². The molecule has 31 heavy (non-hydrogen) atoms. The quantitative estimate of drug-likeness (QED) is 0.504. The minimum absolute atomic E-state index is 0.0855. The van der Waals surface area contributed by atoms with Crippen LogP contribution in [0.1, 0.15) is 11.1 Å². The monoisotopic (exact) mass is 435 g/mol. The van der Waals surface area contributed by atoms with Gasteiger partial charge in [0.05, 0.1) is 19.2 Å². The van der Waals surface area contributed by atoms with Gasteiger partial charge in [-0.05, 0) is 53.8 Å². The van der Waals surface area contributed by atoms with Crippen LogP contribution >= 0.6 is 11.3 Å². The molecule has 8 heteroatoms. The number of hydrogen-bond donors (Lipinski definition) is 1. The number of benzene rings is 2. The standard InChI is InChI=1S/C23H21N3O4S/c1-15-5-3-7-17(11-15)24-20(27)14-25-19-9-10-31-21(19)22(28)26(23(25)29)13-16-6-4-8-18(12-16)30-2/h3-12H,13-14H2,1-2H3,(H,24,27). The largest absolute Gasteiger partial charge is 0.497 e. The van der Waals surface area contributed by atoms with Gasteiger partial charge >= 0.3 is 5.69 Å². The summed E-state index contributed by atoms with van der Waals surface area (Å²) >= 11 is 1.25. The molecule has 0 aliphatic heterocycles. The number of amides is 1. The van der Waals surface area contributed by atoms with E-state index in [1.807, 2.05) is 31.2 Å². The van der Waals surface area contributed by atoms with E-state index in [2.05, 4.69) is 5.32 Å². The number of methoxy groups -OCH3 is 1. The molecule has 0 aliphatic carbocycles. The molecule has 0 atom stereocenters. The summed E-state index contributed by atoms with van der Waals surface area (Å²) < 4.78 is 8.17. The summed E-state index contributed by atoms with van der Waals surface area (Å²) in [5, 5.41) is 4.56. The normalized spacial score (nSPS) is 10.9. The van der Waals surface area contributed by atoms with Crippen LogP contribution in [0.2, 0.25) is 0 Å². The second-order valence-corrected chi connectivity index (χ2v) is 8.08. The molecule has 7 nitrogen and oxygen atoms in total. The van der Waals surface area contributed by atoms with Gasteiger partial charge in [-0.3, -0.25) is 18.7 Å². The fourth-order valence-corrected chi connectivity index (χ4v) is 4.29. The van der Waals surface area contributed by atoms with Crippen molar-refractivity contribution in [3.8, 4) is 5.75 Å². The molecule has 0 spiro atoms. The van der Waals surface area contributed by atoms with Crippen molar-refractivity contribution >= 4 is 33.1 Å². The Labute approximate surface area is 182 Å². The van der Waals surface area contributed by atoms with Crippen molar-refractivity contribution in [2.75, 3.05) is 12.4 Å². The minimum Gasteiger partial charge on any atom is -0.497 e. The van der Waals surface area contributed by atoms with Crippen molar-refractivity contribution in [2.45, 2.75) is 20.0 Å². The minimum atomic E-state index is -0.530. The second-order valence-electron chi connectivity index (χ2n) is 7.16. The highest BCUT2D eigenvalue weighted by Gasteiger charge is 2.17. The lowest BCUT2D eigenvalue weighted by Gasteiger charge is -2.13. The van der Waals surface area contributed by atoms with E-state index >= 15 is 0 Å². The highest BCUT2D eigenvalue weighted by atomic mass is 32.1. The summed E-state index contributed by atoms with van der Waals surface area (Å²) in [5.74, 6) is 0.299. The number of rotatable bonds is 6. The highest BCUT2D eigenvalue weighted by molar-refractivity contribution is 7.17. The molecule has 0 aliphatic rings. The van der Waals surface area contributed by atoms with Crippen LogP contribution in [0.5, 0.6) is 5.75 Å². The summed E-state index contributed by atoms with van der Waals surface area (Å²) in [6.07, 6.45) is 0. The number of carbonyl (C=O) groups is 1. The molecule has 2 aromatic carbocycles. The summed E-state index contributed by atoms with van der Waals surface area (Å²) in [6.45, 7) is 1.82. The number of fused-ring (bicyclic) bond motifs is 1. The number of thiophene rings is 1. The van der Waals surface area contributed by atoms with E-state index in [1.165, 1.54) is 15.9 Å². The third-order valence-corrected chi connectivity index (χ3v) is 5.81. The molecule has 0 saturated carbocycles. The van der Waals surface area contributed by atoms with Gasteiger partial charge in [-0.25, -0.2) is 4.79 Å². The van der Waals surface area contributed by atoms with Crippen molar-refractivity contribution in [1.29, 1.82) is 0 Å². The van der Waals surface area contributed by atoms with Gasteiger partial charge in [0.15, 0.2) is 0 Å². The van der Waals surface area contributed by atoms with Gasteiger partial charge in [-0.15, -0.1) is 11.3 Å². The zero-order chi connectivity index (χ0) is 22.0. The summed E-state index contributed by atoms with van der Waals surface area (Å²) in [6, 6.07) is 16.3. The van der Waals surface area contributed by atoms with Crippen molar-refractivity contribution in [1.82, 2.24) is 9.13 Å². The average Bonchev–Trinajstić information content (AvgIpc) is 3.24. The predicted molar refractivity (Wildman–Crippen MR) is 122 cm³/mol. The van der Waals surface area contributed by atoms with Crippen LogP contribution in [0.25, 0.3) is 10.2 Å². The molecule has 1 amide bonds. The Morgan fingerprint density at radius 1 is 1.06 bits per heavy atom. The first-order valence-electron chi connectivity index (χ1n) is 9.66. The fraction of sp³-hybridized carbons (Fsp3) is 0.174. The maximum atomic E-state index is 13.2. The molecule has 1 N–H and O–H groups in total. The number of aromatic nitrogens is 2. The first-order valence-corrected chi connectivity index (χ1v) is 10.5. The molecule has 0 saturated heterocycles. The third kappa shape index (κ3) is 4.29. The van der Waals surface area contributed by atoms with Crippen molar-refractivity contribution in [2.24, 2.45) is 0 Å². The smallest absolute Gasteiger partial charge is 0.332 e. The first kappa shape index (κ1) is 20.6. The zero-order valence-electron chi connectivity index (χ0n) is 17.1. The van der Waals surface area contributed by atoms with Crippen LogP contribution in [0.4, 0.5) is 5.69 Å². The molecule has 0 bridgehead atoms. The molecule has 0 fully saturated rings. The van der Waals surface area contributed by atoms with Crippen LogP contribution in [0, 0.1) is 6.92 Å². The van der Waals surface area contributed by atoms with E-state index in [-0.39, 0.29) is 24.6 Å². The van der Waals surface area contributed by atoms with Gasteiger partial charge in [0, 0.05) is 5.69 Å². The van der Waals surface area contributed by atoms with Gasteiger partial charge in [0.1, 0.15) is 17.0 Å². The lowest BCUT2D eigenvalue weighted by atomic mass is 10.2. The van der Waals surface area contributed by atoms with E-state index in [0.29, 0.717) is 21.7 Å². The molecule has 158 valence electrons. The Bertz CT molecular complexity index is 1380. The molecular formula is C23H21N3O4S. The lowest BCUT2D eigenvalue weighted by Crippen LogP contribution is -2.41. The SMILES string of the molecule is COc1cccc(Cn2c(=O)c3sccc3n(CC(=O)Nc3cccc(C)c3)c2=O)c1. The van der Waals surface area contributed by atoms with Crippen LogP contribution in [0.3, 0.4) is 0 Å². The molecule has 0 unspecified atom stereocenters. The molecule has 2 heterocycles. The maximum absolute atomic E-state index is 13.2. The van der Waals surface area contributed by atoms with E-state index < -0.39 is 5.69 Å². The third-order valence-electron chi connectivity index (χ3n) is 4.91. The zero-order valence-corrected chi connectivity index (χ0v) is 17.9. The molecule has 2 aromatic heterocycles. The van der Waals surface area contributed by atoms with Crippen LogP contribution < -0.4 is 21.3 Å². The lowest BCUT2D eigenvalue weighted by molar-refractivity contribution is -0.116. The van der Waals surface area contributed by atoms with E-state index in [4.69, 9.17) is 4.74 Å². The number of aryl methyl sites for hydroxylation is 1. The first-order chi connectivity index (χ1) is 15.0. The molecule has 4 rings (SSSR count). The Morgan fingerprint density at radius 3 is 2.65 bits per heavy atom. The van der Waals surface area contributed by atoms with Crippen LogP contribution in [-0.4, -0.2) is 22.2 Å². The van der Waals surface area contributed by atoms with E-state index in [0.717, 1.165) is 15.7 Å². The topological polar surface area (TPSA) is 82.3 Å². The average molecular weight is 436 g/mol. The van der Waals surface area contributed by atoms with Crippen molar-refractivity contribution < 1.29 is 9.53 Å². The predicted octanol–water partition coefficient (Wildman–Crippen LogP) is 3.23. The van der Waals surface area contributed by atoms with Gasteiger partial charge in [0.25, 0.3) is 5.56 Å². The van der Waals surface area contributed by atoms with Crippen molar-refractivity contribution in [3.05, 3.63) is 91.9 Å². The maximum Gasteiger partial charge on any atom is 0.332 e. The van der Waals surface area contributed by atoms with Crippen LogP contribution in [0.15, 0.2) is 69.6 Å². The summed E-state index contributed by atoms with van der Waals surface area (Å²) in [5.41, 5.74) is 1.99. The Morgan fingerprint density at radius 2 is 1.87 bits per heavy atom. The molecule has 0 radical (unpaired) electrons. The number of nitrogens with zero attached hydrogens (tertiary/aromatic N) is 2. The Hall–Kier alpha value is -3.65. The van der Waals surface area contributed by atoms with Crippen LogP contribution in [-0.2, 0) is 17.9 Å². The van der Waals surface area contributed by atoms with Crippen molar-refractivity contribution in [3.63, 3.8) is 0 Å². The number of carbonyl (C=O) groups excluding carboxylic acids is 1. The van der Waals surface area contributed by atoms with E-state index in [1.54, 1.807) is 42.8 Å². The Kier molecular flexibility index (Phi) is 5.73. The molecule has 4 aromatic rings. The highest BCUT2D eigenvalue weighted by Crippen LogP contribution is 2.17. The number of nitrogens with one attached hydrogen (secondary N) is 1. The fourth-order valence-electron chi connectivity index (χ4n) is 3.45. The summed E-state index contributed by atoms with van der Waals surface area (Å²) in [7, 11) is 1.56. The van der Waals surface area contributed by atoms with E-state index in [9.17, 15) is 14.4 Å².